The molecule has 3 fully saturated rings. The van der Waals surface area contributed by atoms with Gasteiger partial charge >= 0.3 is 5.97 Å². The molecule has 2 atom stereocenters. The minimum atomic E-state index is -0.864. The van der Waals surface area contributed by atoms with Gasteiger partial charge in [-0.2, -0.15) is 9.97 Å². The molecule has 4 aromatic rings. The molecule has 1 aromatic carbocycles. The maximum atomic E-state index is 11.9. The number of carboxylic acid groups (broad SMARTS) is 1. The van der Waals surface area contributed by atoms with Gasteiger partial charge in [0.2, 0.25) is 5.95 Å². The number of anilines is 1. The van der Waals surface area contributed by atoms with Crippen LogP contribution in [0.25, 0.3) is 28.1 Å². The number of rotatable bonds is 7. The van der Waals surface area contributed by atoms with Crippen LogP contribution in [0.3, 0.4) is 0 Å². The number of likely N-dealkylation sites (tertiary alicyclic amines) is 2. The molecule has 3 aliphatic rings. The first-order valence-corrected chi connectivity index (χ1v) is 14.5. The second kappa shape index (κ2) is 9.74. The van der Waals surface area contributed by atoms with E-state index < -0.39 is 11.5 Å². The maximum absolute atomic E-state index is 11.9. The van der Waals surface area contributed by atoms with Crippen molar-refractivity contribution in [3.05, 3.63) is 35.9 Å². The molecule has 0 unspecified atom stereocenters. The third-order valence-electron chi connectivity index (χ3n) is 9.18. The number of fused-ring (bicyclic) bond motifs is 4. The fourth-order valence-electron chi connectivity index (χ4n) is 6.79. The zero-order valence-corrected chi connectivity index (χ0v) is 24.1. The van der Waals surface area contributed by atoms with Crippen molar-refractivity contribution in [2.45, 2.75) is 57.8 Å². The van der Waals surface area contributed by atoms with Crippen LogP contribution in [-0.4, -0.2) is 107 Å². The molecule has 1 N–H and O–H groups in total. The standard InChI is InChI=1S/C29H37N9O3/c1-5-22-30-20-8-6-7-9-21(20)38(22)28-32-25-24(26(33-28)35-10-12-41-13-11-35)31-23(34(25)4)17-36-15-19-14-18(36)16-37(19)29(2,3)27(39)40/h6-9,18-19H,5,10-17H2,1-4H3,(H,39,40)/t18-,19-/m0/s1. The molecule has 3 aromatic heterocycles. The van der Waals surface area contributed by atoms with Crippen molar-refractivity contribution in [1.29, 1.82) is 0 Å². The number of piperazine rings is 1. The van der Waals surface area contributed by atoms with Crippen molar-refractivity contribution < 1.29 is 14.6 Å². The molecule has 0 saturated carbocycles. The molecule has 0 radical (unpaired) electrons. The minimum Gasteiger partial charge on any atom is -0.480 e. The predicted octanol–water partition coefficient (Wildman–Crippen LogP) is 2.22. The number of carboxylic acids is 1. The van der Waals surface area contributed by atoms with E-state index in [9.17, 15) is 9.90 Å². The first-order valence-electron chi connectivity index (χ1n) is 14.5. The lowest BCUT2D eigenvalue weighted by Crippen LogP contribution is -2.57. The molecule has 41 heavy (non-hydrogen) atoms. The van der Waals surface area contributed by atoms with Gasteiger partial charge < -0.3 is 19.3 Å². The first-order chi connectivity index (χ1) is 19.8. The van der Waals surface area contributed by atoms with Crippen molar-refractivity contribution >= 4 is 34.0 Å². The van der Waals surface area contributed by atoms with E-state index in [0.29, 0.717) is 31.7 Å². The highest BCUT2D eigenvalue weighted by molar-refractivity contribution is 5.86. The summed E-state index contributed by atoms with van der Waals surface area (Å²) in [5, 5.41) is 9.76. The summed E-state index contributed by atoms with van der Waals surface area (Å²) in [5.74, 6) is 2.51. The third kappa shape index (κ3) is 4.19. The number of imidazole rings is 2. The van der Waals surface area contributed by atoms with Crippen LogP contribution in [-0.2, 0) is 29.5 Å². The Kier molecular flexibility index (Phi) is 6.25. The van der Waals surface area contributed by atoms with Gasteiger partial charge in [-0.05, 0) is 32.4 Å². The van der Waals surface area contributed by atoms with Gasteiger partial charge in [0.15, 0.2) is 17.0 Å². The number of hydrogen-bond donors (Lipinski definition) is 1. The van der Waals surface area contributed by atoms with Gasteiger partial charge in [0.1, 0.15) is 17.2 Å². The number of para-hydroxylation sites is 2. The fourth-order valence-corrected chi connectivity index (χ4v) is 6.79. The topological polar surface area (TPSA) is 118 Å². The van der Waals surface area contributed by atoms with E-state index in [1.54, 1.807) is 0 Å². The van der Waals surface area contributed by atoms with E-state index in [1.807, 2.05) is 39.1 Å². The Morgan fingerprint density at radius 2 is 1.83 bits per heavy atom. The quantitative estimate of drug-likeness (QED) is 0.361. The van der Waals surface area contributed by atoms with Gasteiger partial charge in [-0.3, -0.25) is 19.2 Å². The number of carbonyl (C=O) groups is 1. The van der Waals surface area contributed by atoms with Crippen LogP contribution in [0, 0.1) is 0 Å². The van der Waals surface area contributed by atoms with Crippen molar-refractivity contribution in [3.8, 4) is 5.95 Å². The van der Waals surface area contributed by atoms with Crippen LogP contribution >= 0.6 is 0 Å². The van der Waals surface area contributed by atoms with Crippen LogP contribution < -0.4 is 4.90 Å². The number of nitrogens with zero attached hydrogens (tertiary/aromatic N) is 9. The Labute approximate surface area is 238 Å². The van der Waals surface area contributed by atoms with Crippen molar-refractivity contribution in [1.82, 2.24) is 38.9 Å². The zero-order valence-electron chi connectivity index (χ0n) is 24.1. The van der Waals surface area contributed by atoms with Gasteiger partial charge in [-0.1, -0.05) is 19.1 Å². The lowest BCUT2D eigenvalue weighted by atomic mass is 10.0. The van der Waals surface area contributed by atoms with Gasteiger partial charge in [0.05, 0.1) is 30.8 Å². The number of hydrogen-bond acceptors (Lipinski definition) is 9. The van der Waals surface area contributed by atoms with E-state index in [4.69, 9.17) is 24.7 Å². The average Bonchev–Trinajstić information content (AvgIpc) is 3.75. The number of ether oxygens (including phenoxy) is 1. The SMILES string of the molecule is CCc1nc2ccccc2n1-c1nc(N2CCOCC2)c2nc(CN3C[C@@H]4C[C@H]3CN4C(C)(C)C(=O)O)n(C)c2n1. The number of morpholine rings is 1. The average molecular weight is 560 g/mol. The Morgan fingerprint density at radius 3 is 2.54 bits per heavy atom. The molecule has 0 amide bonds. The Bertz CT molecular complexity index is 1640. The lowest BCUT2D eigenvalue weighted by Gasteiger charge is -2.41. The van der Waals surface area contributed by atoms with Crippen LogP contribution in [0.4, 0.5) is 5.82 Å². The highest BCUT2D eigenvalue weighted by Gasteiger charge is 2.50. The summed E-state index contributed by atoms with van der Waals surface area (Å²) >= 11 is 0. The Morgan fingerprint density at radius 1 is 1.05 bits per heavy atom. The normalized spacial score (nSPS) is 22.0. The smallest absolute Gasteiger partial charge is 0.323 e. The predicted molar refractivity (Wildman–Crippen MR) is 154 cm³/mol. The Balaban J connectivity index is 1.28. The van der Waals surface area contributed by atoms with Crippen LogP contribution in [0.2, 0.25) is 0 Å². The molecule has 6 heterocycles. The Hall–Kier alpha value is -3.61. The van der Waals surface area contributed by atoms with Crippen molar-refractivity contribution in [2.24, 2.45) is 7.05 Å². The molecular formula is C29H37N9O3. The second-order valence-electron chi connectivity index (χ2n) is 11.9. The summed E-state index contributed by atoms with van der Waals surface area (Å²) < 4.78 is 9.82. The molecule has 12 heteroatoms. The number of aromatic nitrogens is 6. The number of aryl methyl sites for hydroxylation is 2. The van der Waals surface area contributed by atoms with Crippen LogP contribution in [0.15, 0.2) is 24.3 Å². The van der Waals surface area contributed by atoms with Crippen molar-refractivity contribution in [3.63, 3.8) is 0 Å². The largest absolute Gasteiger partial charge is 0.480 e. The molecule has 3 aliphatic heterocycles. The summed E-state index contributed by atoms with van der Waals surface area (Å²) in [4.78, 5) is 39.0. The molecule has 12 nitrogen and oxygen atoms in total. The van der Waals surface area contributed by atoms with E-state index in [2.05, 4.69) is 36.8 Å². The lowest BCUT2D eigenvalue weighted by molar-refractivity contribution is -0.151. The van der Waals surface area contributed by atoms with Gasteiger partial charge in [-0.25, -0.2) is 9.97 Å². The summed E-state index contributed by atoms with van der Waals surface area (Å²) in [6, 6.07) is 8.66. The fraction of sp³-hybridized carbons (Fsp3) is 0.552. The van der Waals surface area contributed by atoms with Gasteiger partial charge in [0, 0.05) is 51.7 Å². The highest BCUT2D eigenvalue weighted by atomic mass is 16.5. The van der Waals surface area contributed by atoms with Crippen molar-refractivity contribution in [2.75, 3.05) is 44.3 Å². The summed E-state index contributed by atoms with van der Waals surface area (Å²) in [7, 11) is 2.03. The second-order valence-corrected chi connectivity index (χ2v) is 11.9. The first kappa shape index (κ1) is 26.3. The maximum Gasteiger partial charge on any atom is 0.323 e. The summed E-state index contributed by atoms with van der Waals surface area (Å²) in [5.41, 5.74) is 2.65. The van der Waals surface area contributed by atoms with Gasteiger partial charge in [0.25, 0.3) is 0 Å². The van der Waals surface area contributed by atoms with Gasteiger partial charge in [-0.15, -0.1) is 0 Å². The number of benzene rings is 1. The van der Waals surface area contributed by atoms with E-state index in [-0.39, 0.29) is 6.04 Å². The molecule has 2 bridgehead atoms. The van der Waals surface area contributed by atoms with E-state index >= 15 is 0 Å². The molecular weight excluding hydrogens is 522 g/mol. The molecule has 7 rings (SSSR count). The highest BCUT2D eigenvalue weighted by Crippen LogP contribution is 2.37. The van der Waals surface area contributed by atoms with E-state index in [0.717, 1.165) is 78.7 Å². The summed E-state index contributed by atoms with van der Waals surface area (Å²) in [6.07, 6.45) is 1.74. The molecule has 3 saturated heterocycles. The zero-order chi connectivity index (χ0) is 28.5. The molecule has 0 aliphatic carbocycles. The van der Waals surface area contributed by atoms with Crippen LogP contribution in [0.5, 0.6) is 0 Å². The summed E-state index contributed by atoms with van der Waals surface area (Å²) in [6.45, 7) is 10.8. The minimum absolute atomic E-state index is 0.234. The van der Waals surface area contributed by atoms with E-state index in [1.165, 1.54) is 0 Å². The molecule has 0 spiro atoms. The third-order valence-corrected chi connectivity index (χ3v) is 9.18. The molecule has 216 valence electrons. The monoisotopic (exact) mass is 559 g/mol. The van der Waals surface area contributed by atoms with Crippen LogP contribution in [0.1, 0.15) is 38.8 Å². The number of aliphatic carboxylic acids is 1.